The Balaban J connectivity index is 1.63. The molecule has 0 atom stereocenters. The maximum Gasteiger partial charge on any atom is 0.320 e. The molecule has 1 heterocycles. The van der Waals surface area contributed by atoms with E-state index in [9.17, 15) is 4.79 Å². The molecule has 0 unspecified atom stereocenters. The van der Waals surface area contributed by atoms with Crippen molar-refractivity contribution in [2.45, 2.75) is 32.7 Å². The van der Waals surface area contributed by atoms with Crippen LogP contribution >= 0.6 is 0 Å². The summed E-state index contributed by atoms with van der Waals surface area (Å²) in [6, 6.07) is 10.00. The van der Waals surface area contributed by atoms with Crippen LogP contribution in [0.25, 0.3) is 0 Å². The first-order valence-electron chi connectivity index (χ1n) is 7.48. The van der Waals surface area contributed by atoms with Gasteiger partial charge in [0, 0.05) is 11.7 Å². The van der Waals surface area contributed by atoms with Gasteiger partial charge < -0.3 is 10.6 Å². The van der Waals surface area contributed by atoms with Crippen molar-refractivity contribution in [1.29, 1.82) is 0 Å². The summed E-state index contributed by atoms with van der Waals surface area (Å²) in [5, 5.41) is 8.95. The van der Waals surface area contributed by atoms with Gasteiger partial charge in [-0.15, -0.1) is 0 Å². The van der Waals surface area contributed by atoms with Crippen molar-refractivity contribution >= 4 is 23.2 Å². The molecule has 2 aromatic rings. The molecule has 1 aliphatic rings. The molecule has 5 nitrogen and oxygen atoms in total. The number of hydrogen-bond donors (Lipinski definition) is 3. The monoisotopic (exact) mass is 296 g/mol. The van der Waals surface area contributed by atoms with Crippen LogP contribution in [0.2, 0.25) is 0 Å². The number of rotatable bonds is 4. The van der Waals surface area contributed by atoms with Crippen LogP contribution in [-0.4, -0.2) is 17.1 Å². The first-order chi connectivity index (χ1) is 10.6. The van der Waals surface area contributed by atoms with E-state index < -0.39 is 0 Å². The van der Waals surface area contributed by atoms with Gasteiger partial charge in [-0.05, 0) is 56.0 Å². The van der Waals surface area contributed by atoms with E-state index in [0.29, 0.717) is 11.9 Å². The lowest BCUT2D eigenvalue weighted by atomic mass is 10.1. The zero-order chi connectivity index (χ0) is 15.5. The predicted molar refractivity (Wildman–Crippen MR) is 88.6 cm³/mol. The number of carbonyl (C=O) groups excluding carboxylic acids is 1. The number of hydrogen-bond acceptors (Lipinski definition) is 3. The highest BCUT2D eigenvalue weighted by atomic mass is 16.2. The molecule has 3 rings (SSSR count). The number of carbonyl (C=O) groups is 1. The molecule has 1 fully saturated rings. The second-order valence-electron chi connectivity index (χ2n) is 5.68. The normalized spacial score (nSPS) is 13.5. The summed E-state index contributed by atoms with van der Waals surface area (Å²) >= 11 is 0. The Morgan fingerprint density at radius 2 is 2.00 bits per heavy atom. The van der Waals surface area contributed by atoms with Crippen molar-refractivity contribution < 1.29 is 4.79 Å². The summed E-state index contributed by atoms with van der Waals surface area (Å²) in [5.41, 5.74) is 4.41. The molecule has 0 spiro atoms. The topological polar surface area (TPSA) is 66.0 Å². The minimum absolute atomic E-state index is 0.190. The van der Waals surface area contributed by atoms with Gasteiger partial charge in [0.1, 0.15) is 5.82 Å². The van der Waals surface area contributed by atoms with Crippen LogP contribution in [0.4, 0.5) is 22.0 Å². The lowest BCUT2D eigenvalue weighted by Gasteiger charge is -2.12. The number of aryl methyl sites for hydroxylation is 1. The zero-order valence-electron chi connectivity index (χ0n) is 12.8. The van der Waals surface area contributed by atoms with Crippen LogP contribution in [0.1, 0.15) is 24.0 Å². The van der Waals surface area contributed by atoms with Gasteiger partial charge in [-0.25, -0.2) is 9.78 Å². The molecule has 0 saturated heterocycles. The number of nitrogens with one attached hydrogen (secondary N) is 3. The number of urea groups is 1. The summed E-state index contributed by atoms with van der Waals surface area (Å²) in [7, 11) is 0. The largest absolute Gasteiger partial charge is 0.354 e. The van der Waals surface area contributed by atoms with Crippen molar-refractivity contribution in [1.82, 2.24) is 10.3 Å². The highest BCUT2D eigenvalue weighted by Crippen LogP contribution is 2.23. The summed E-state index contributed by atoms with van der Waals surface area (Å²) < 4.78 is 0. The number of aromatic nitrogens is 1. The van der Waals surface area contributed by atoms with Gasteiger partial charge in [0.2, 0.25) is 0 Å². The van der Waals surface area contributed by atoms with Gasteiger partial charge in [-0.3, -0.25) is 5.32 Å². The van der Waals surface area contributed by atoms with Crippen LogP contribution in [-0.2, 0) is 0 Å². The number of amides is 2. The lowest BCUT2D eigenvalue weighted by molar-refractivity contribution is 0.251. The third-order valence-corrected chi connectivity index (χ3v) is 3.80. The molecule has 1 aromatic carbocycles. The van der Waals surface area contributed by atoms with E-state index in [1.54, 1.807) is 12.3 Å². The van der Waals surface area contributed by atoms with Gasteiger partial charge in [0.15, 0.2) is 0 Å². The second-order valence-corrected chi connectivity index (χ2v) is 5.68. The van der Waals surface area contributed by atoms with E-state index in [0.717, 1.165) is 24.2 Å². The maximum absolute atomic E-state index is 11.6. The average molecular weight is 296 g/mol. The van der Waals surface area contributed by atoms with Gasteiger partial charge in [0.05, 0.1) is 11.9 Å². The van der Waals surface area contributed by atoms with E-state index in [1.165, 1.54) is 11.1 Å². The fraction of sp³-hybridized carbons (Fsp3) is 0.294. The zero-order valence-corrected chi connectivity index (χ0v) is 12.8. The Bertz CT molecular complexity index is 678. The first-order valence-corrected chi connectivity index (χ1v) is 7.48. The summed E-state index contributed by atoms with van der Waals surface area (Å²) in [6.07, 6.45) is 3.85. The highest BCUT2D eigenvalue weighted by Gasteiger charge is 2.23. The maximum atomic E-state index is 11.6. The predicted octanol–water partition coefficient (Wildman–Crippen LogP) is 3.73. The van der Waals surface area contributed by atoms with E-state index >= 15 is 0 Å². The Morgan fingerprint density at radius 3 is 2.68 bits per heavy atom. The fourth-order valence-electron chi connectivity index (χ4n) is 2.15. The van der Waals surface area contributed by atoms with Crippen LogP contribution in [0.3, 0.4) is 0 Å². The molecule has 22 heavy (non-hydrogen) atoms. The quantitative estimate of drug-likeness (QED) is 0.805. The van der Waals surface area contributed by atoms with E-state index in [4.69, 9.17) is 0 Å². The van der Waals surface area contributed by atoms with E-state index in [2.05, 4.69) is 40.8 Å². The van der Waals surface area contributed by atoms with Crippen molar-refractivity contribution in [3.05, 3.63) is 47.7 Å². The smallest absolute Gasteiger partial charge is 0.320 e. The molecule has 3 N–H and O–H groups in total. The minimum atomic E-state index is -0.190. The first kappa shape index (κ1) is 14.4. The number of nitrogens with zero attached hydrogens (tertiary/aromatic N) is 1. The van der Waals surface area contributed by atoms with Crippen molar-refractivity contribution in [2.24, 2.45) is 0 Å². The lowest BCUT2D eigenvalue weighted by Crippen LogP contribution is -2.30. The molecule has 2 amide bonds. The van der Waals surface area contributed by atoms with Crippen molar-refractivity contribution in [3.63, 3.8) is 0 Å². The molecule has 1 aliphatic carbocycles. The van der Waals surface area contributed by atoms with E-state index in [1.807, 2.05) is 18.2 Å². The van der Waals surface area contributed by atoms with Crippen LogP contribution in [0.15, 0.2) is 36.5 Å². The Hall–Kier alpha value is -2.56. The standard InChI is InChI=1S/C17H20N4O/c1-11-4-3-5-15(12(11)2)19-14-8-9-16(18-10-14)21-17(22)20-13-6-7-13/h3-5,8-10,13,19H,6-7H2,1-2H3,(H2,18,20,21,22). The molecule has 1 aromatic heterocycles. The molecule has 0 aliphatic heterocycles. The average Bonchev–Trinajstić information content (AvgIpc) is 3.30. The number of anilines is 3. The molecular weight excluding hydrogens is 276 g/mol. The van der Waals surface area contributed by atoms with Gasteiger partial charge in [-0.2, -0.15) is 0 Å². The molecule has 114 valence electrons. The number of benzene rings is 1. The van der Waals surface area contributed by atoms with Crippen LogP contribution in [0, 0.1) is 13.8 Å². The summed E-state index contributed by atoms with van der Waals surface area (Å²) in [5.74, 6) is 0.546. The minimum Gasteiger partial charge on any atom is -0.354 e. The Morgan fingerprint density at radius 1 is 1.18 bits per heavy atom. The van der Waals surface area contributed by atoms with Gasteiger partial charge in [-0.1, -0.05) is 12.1 Å². The van der Waals surface area contributed by atoms with Crippen molar-refractivity contribution in [2.75, 3.05) is 10.6 Å². The van der Waals surface area contributed by atoms with Crippen LogP contribution < -0.4 is 16.0 Å². The molecular formula is C17H20N4O. The van der Waals surface area contributed by atoms with Gasteiger partial charge in [0.25, 0.3) is 0 Å². The SMILES string of the molecule is Cc1cccc(Nc2ccc(NC(=O)NC3CC3)nc2)c1C. The summed E-state index contributed by atoms with van der Waals surface area (Å²) in [4.78, 5) is 15.9. The van der Waals surface area contributed by atoms with Crippen LogP contribution in [0.5, 0.6) is 0 Å². The third kappa shape index (κ3) is 3.55. The Labute approximate surface area is 130 Å². The van der Waals surface area contributed by atoms with E-state index in [-0.39, 0.29) is 6.03 Å². The second kappa shape index (κ2) is 6.05. The molecule has 1 saturated carbocycles. The van der Waals surface area contributed by atoms with Crippen molar-refractivity contribution in [3.8, 4) is 0 Å². The Kier molecular flexibility index (Phi) is 3.96. The highest BCUT2D eigenvalue weighted by molar-refractivity contribution is 5.88. The third-order valence-electron chi connectivity index (χ3n) is 3.80. The molecule has 5 heteroatoms. The molecule has 0 radical (unpaired) electrons. The molecule has 0 bridgehead atoms. The number of pyridine rings is 1. The van der Waals surface area contributed by atoms with Gasteiger partial charge >= 0.3 is 6.03 Å². The summed E-state index contributed by atoms with van der Waals surface area (Å²) in [6.45, 7) is 4.17. The fourth-order valence-corrected chi connectivity index (χ4v) is 2.15.